The zero-order chi connectivity index (χ0) is 13.7. The minimum Gasteiger partial charge on any atom is -0.468 e. The van der Waals surface area contributed by atoms with Crippen LogP contribution in [0.15, 0.2) is 0 Å². The first-order chi connectivity index (χ1) is 9.14. The molecule has 0 bridgehead atoms. The number of methoxy groups -OCH3 is 1. The maximum Gasteiger partial charge on any atom is 0.325 e. The predicted molar refractivity (Wildman–Crippen MR) is 74.0 cm³/mol. The van der Waals surface area contributed by atoms with Crippen LogP contribution < -0.4 is 5.32 Å². The van der Waals surface area contributed by atoms with Crippen molar-refractivity contribution in [3.05, 3.63) is 0 Å². The highest BCUT2D eigenvalue weighted by molar-refractivity contribution is 5.80. The van der Waals surface area contributed by atoms with E-state index in [4.69, 9.17) is 9.47 Å². The van der Waals surface area contributed by atoms with Crippen molar-refractivity contribution in [3.8, 4) is 0 Å². The van der Waals surface area contributed by atoms with Crippen molar-refractivity contribution in [3.63, 3.8) is 0 Å². The van der Waals surface area contributed by atoms with E-state index >= 15 is 0 Å². The summed E-state index contributed by atoms with van der Waals surface area (Å²) in [5, 5.41) is 3.42. The Bertz CT molecular complexity index is 300. The van der Waals surface area contributed by atoms with Crippen molar-refractivity contribution < 1.29 is 14.3 Å². The van der Waals surface area contributed by atoms with Crippen LogP contribution >= 0.6 is 0 Å². The molecule has 2 rings (SSSR count). The largest absolute Gasteiger partial charge is 0.468 e. The van der Waals surface area contributed by atoms with Crippen molar-refractivity contribution >= 4 is 5.97 Å². The number of carbonyl (C=O) groups is 1. The van der Waals surface area contributed by atoms with E-state index in [1.165, 1.54) is 32.8 Å². The highest BCUT2D eigenvalue weighted by atomic mass is 16.5. The van der Waals surface area contributed by atoms with E-state index in [1.54, 1.807) is 0 Å². The van der Waals surface area contributed by atoms with Crippen LogP contribution in [0.3, 0.4) is 0 Å². The predicted octanol–water partition coefficient (Wildman–Crippen LogP) is 2.27. The average molecular weight is 269 g/mol. The zero-order valence-electron chi connectivity index (χ0n) is 12.2. The van der Waals surface area contributed by atoms with Crippen molar-refractivity contribution in [2.75, 3.05) is 20.3 Å². The van der Waals surface area contributed by atoms with Crippen LogP contribution in [0.5, 0.6) is 0 Å². The van der Waals surface area contributed by atoms with Crippen LogP contribution in [0.2, 0.25) is 0 Å². The lowest BCUT2D eigenvalue weighted by Crippen LogP contribution is -2.51. The van der Waals surface area contributed by atoms with E-state index in [9.17, 15) is 4.79 Å². The molecule has 2 aliphatic carbocycles. The molecule has 0 aromatic heterocycles. The number of nitrogens with one attached hydrogen (secondary N) is 1. The molecule has 4 heteroatoms. The molecule has 1 N–H and O–H groups in total. The quantitative estimate of drug-likeness (QED) is 0.488. The summed E-state index contributed by atoms with van der Waals surface area (Å²) in [7, 11) is 1.47. The first-order valence-electron chi connectivity index (χ1n) is 7.58. The summed E-state index contributed by atoms with van der Waals surface area (Å²) in [6.45, 7) is 3.70. The zero-order valence-corrected chi connectivity index (χ0v) is 12.2. The number of ether oxygens (including phenoxy) is 2. The maximum atomic E-state index is 11.9. The van der Waals surface area contributed by atoms with E-state index in [-0.39, 0.29) is 5.97 Å². The smallest absolute Gasteiger partial charge is 0.325 e. The van der Waals surface area contributed by atoms with Crippen molar-refractivity contribution in [1.82, 2.24) is 5.32 Å². The molecule has 110 valence electrons. The van der Waals surface area contributed by atoms with Gasteiger partial charge < -0.3 is 9.47 Å². The summed E-state index contributed by atoms with van der Waals surface area (Å²) >= 11 is 0. The van der Waals surface area contributed by atoms with Crippen LogP contribution in [0.1, 0.15) is 51.9 Å². The minimum absolute atomic E-state index is 0.140. The Hall–Kier alpha value is -0.610. The SMILES string of the molecule is COC(=O)C(C)(CCCCOCC1CC1)NC1CC1. The second kappa shape index (κ2) is 6.71. The van der Waals surface area contributed by atoms with Crippen molar-refractivity contribution in [2.24, 2.45) is 5.92 Å². The summed E-state index contributed by atoms with van der Waals surface area (Å²) in [5.74, 6) is 0.690. The summed E-state index contributed by atoms with van der Waals surface area (Å²) in [6.07, 6.45) is 7.87. The molecule has 2 aliphatic rings. The second-order valence-corrected chi connectivity index (χ2v) is 6.22. The van der Waals surface area contributed by atoms with Crippen LogP contribution in [0, 0.1) is 5.92 Å². The van der Waals surface area contributed by atoms with Gasteiger partial charge in [0.2, 0.25) is 0 Å². The van der Waals surface area contributed by atoms with E-state index in [2.05, 4.69) is 5.32 Å². The Labute approximate surface area is 116 Å². The fourth-order valence-corrected chi connectivity index (χ4v) is 2.35. The van der Waals surface area contributed by atoms with Crippen LogP contribution in [0.25, 0.3) is 0 Å². The fourth-order valence-electron chi connectivity index (χ4n) is 2.35. The normalized spacial score (nSPS) is 22.0. The van der Waals surface area contributed by atoms with E-state index in [0.717, 1.165) is 38.4 Å². The maximum absolute atomic E-state index is 11.9. The molecule has 2 saturated carbocycles. The van der Waals surface area contributed by atoms with E-state index in [1.807, 2.05) is 6.92 Å². The lowest BCUT2D eigenvalue weighted by atomic mass is 9.94. The molecule has 0 aromatic rings. The van der Waals surface area contributed by atoms with Gasteiger partial charge in [-0.05, 0) is 57.8 Å². The van der Waals surface area contributed by atoms with Crippen LogP contribution in [-0.4, -0.2) is 37.9 Å². The summed E-state index contributed by atoms with van der Waals surface area (Å²) in [4.78, 5) is 11.9. The van der Waals surface area contributed by atoms with Gasteiger partial charge in [-0.2, -0.15) is 0 Å². The number of rotatable bonds is 10. The van der Waals surface area contributed by atoms with Crippen molar-refractivity contribution in [2.45, 2.75) is 63.5 Å². The first-order valence-corrected chi connectivity index (χ1v) is 7.58. The van der Waals surface area contributed by atoms with Gasteiger partial charge in [0.25, 0.3) is 0 Å². The molecule has 0 spiro atoms. The lowest BCUT2D eigenvalue weighted by Gasteiger charge is -2.28. The van der Waals surface area contributed by atoms with Gasteiger partial charge in [0, 0.05) is 19.3 Å². The lowest BCUT2D eigenvalue weighted by molar-refractivity contribution is -0.148. The molecule has 0 radical (unpaired) electrons. The Morgan fingerprint density at radius 3 is 2.58 bits per heavy atom. The molecule has 2 fully saturated rings. The number of carbonyl (C=O) groups excluding carboxylic acids is 1. The van der Waals surface area contributed by atoms with Gasteiger partial charge in [-0.1, -0.05) is 0 Å². The monoisotopic (exact) mass is 269 g/mol. The standard InChI is InChI=1S/C15H27NO3/c1-15(14(17)18-2,16-13-7-8-13)9-3-4-10-19-11-12-5-6-12/h12-13,16H,3-11H2,1-2H3. The average Bonchev–Trinajstić information content (AvgIpc) is 3.27. The Morgan fingerprint density at radius 2 is 2.00 bits per heavy atom. The molecule has 0 heterocycles. The summed E-state index contributed by atoms with van der Waals surface area (Å²) < 4.78 is 10.5. The number of hydrogen-bond acceptors (Lipinski definition) is 4. The van der Waals surface area contributed by atoms with Crippen LogP contribution in [-0.2, 0) is 14.3 Å². The Kier molecular flexibility index (Phi) is 5.22. The van der Waals surface area contributed by atoms with Gasteiger partial charge in [0.05, 0.1) is 7.11 Å². The van der Waals surface area contributed by atoms with E-state index < -0.39 is 5.54 Å². The van der Waals surface area contributed by atoms with Crippen LogP contribution in [0.4, 0.5) is 0 Å². The highest BCUT2D eigenvalue weighted by Crippen LogP contribution is 2.29. The van der Waals surface area contributed by atoms with Gasteiger partial charge in [-0.25, -0.2) is 0 Å². The molecule has 0 aliphatic heterocycles. The van der Waals surface area contributed by atoms with Gasteiger partial charge in [0.15, 0.2) is 0 Å². The third kappa shape index (κ3) is 5.11. The molecule has 1 atom stereocenters. The molecule has 1 unspecified atom stereocenters. The van der Waals surface area contributed by atoms with Gasteiger partial charge in [0.1, 0.15) is 5.54 Å². The number of esters is 1. The van der Waals surface area contributed by atoms with Gasteiger partial charge in [-0.3, -0.25) is 10.1 Å². The summed E-state index contributed by atoms with van der Waals surface area (Å²) in [5.41, 5.74) is -0.521. The fraction of sp³-hybridized carbons (Fsp3) is 0.933. The molecular formula is C15H27NO3. The molecule has 4 nitrogen and oxygen atoms in total. The Balaban J connectivity index is 1.61. The molecule has 19 heavy (non-hydrogen) atoms. The third-order valence-electron chi connectivity index (χ3n) is 4.00. The Morgan fingerprint density at radius 1 is 1.26 bits per heavy atom. The number of unbranched alkanes of at least 4 members (excludes halogenated alkanes) is 1. The second-order valence-electron chi connectivity index (χ2n) is 6.22. The van der Waals surface area contributed by atoms with Gasteiger partial charge in [-0.15, -0.1) is 0 Å². The minimum atomic E-state index is -0.521. The highest BCUT2D eigenvalue weighted by Gasteiger charge is 2.38. The van der Waals surface area contributed by atoms with Gasteiger partial charge >= 0.3 is 5.97 Å². The molecule has 0 amide bonds. The third-order valence-corrected chi connectivity index (χ3v) is 4.00. The van der Waals surface area contributed by atoms with E-state index in [0.29, 0.717) is 6.04 Å². The molecule has 0 aromatic carbocycles. The topological polar surface area (TPSA) is 47.6 Å². The summed E-state index contributed by atoms with van der Waals surface area (Å²) in [6, 6.07) is 0.509. The van der Waals surface area contributed by atoms with Crippen molar-refractivity contribution in [1.29, 1.82) is 0 Å². The number of hydrogen-bond donors (Lipinski definition) is 1. The molecular weight excluding hydrogens is 242 g/mol. The molecule has 0 saturated heterocycles. The first kappa shape index (κ1) is 14.8.